The molecule has 0 spiro atoms. The summed E-state index contributed by atoms with van der Waals surface area (Å²) in [7, 11) is 0. The van der Waals surface area contributed by atoms with E-state index < -0.39 is 0 Å². The molecule has 0 bridgehead atoms. The minimum absolute atomic E-state index is 0.372. The molecule has 0 saturated heterocycles. The van der Waals surface area contributed by atoms with Gasteiger partial charge in [0.05, 0.1) is 6.04 Å². The molecule has 2 aliphatic heterocycles. The predicted molar refractivity (Wildman–Crippen MR) is 206 cm³/mol. The van der Waals surface area contributed by atoms with Gasteiger partial charge in [-0.2, -0.15) is 0 Å². The predicted octanol–water partition coefficient (Wildman–Crippen LogP) is 12.3. The van der Waals surface area contributed by atoms with Crippen molar-refractivity contribution in [3.05, 3.63) is 198 Å². The average molecular weight is 626 g/mol. The summed E-state index contributed by atoms with van der Waals surface area (Å²) >= 11 is 0. The molecule has 0 aromatic heterocycles. The summed E-state index contributed by atoms with van der Waals surface area (Å²) in [5.41, 5.74) is 19.6. The monoisotopic (exact) mass is 625 g/mol. The largest absolute Gasteiger partial charge is 0.336 e. The van der Waals surface area contributed by atoms with Crippen molar-refractivity contribution < 1.29 is 0 Å². The lowest BCUT2D eigenvalue weighted by Gasteiger charge is -2.28. The molecule has 0 fully saturated rings. The Hall–Kier alpha value is -5.92. The van der Waals surface area contributed by atoms with E-state index in [0.29, 0.717) is 12.0 Å². The third-order valence-corrected chi connectivity index (χ3v) is 10.8. The van der Waals surface area contributed by atoms with Crippen LogP contribution in [-0.2, 0) is 0 Å². The first kappa shape index (κ1) is 28.1. The summed E-state index contributed by atoms with van der Waals surface area (Å²) in [6.07, 6.45) is 12.0. The summed E-state index contributed by atoms with van der Waals surface area (Å²) in [6, 6.07) is 56.0. The van der Waals surface area contributed by atoms with Gasteiger partial charge in [-0.3, -0.25) is 0 Å². The highest BCUT2D eigenvalue weighted by Gasteiger charge is 2.48. The fraction of sp³-hybridized carbons (Fsp3) is 0.0833. The van der Waals surface area contributed by atoms with Crippen LogP contribution in [0.15, 0.2) is 187 Å². The summed E-state index contributed by atoms with van der Waals surface area (Å²) in [5.74, 6) is 0.372. The van der Waals surface area contributed by atoms with E-state index in [4.69, 9.17) is 0 Å². The summed E-state index contributed by atoms with van der Waals surface area (Å²) in [4.78, 5) is 2.65. The Morgan fingerprint density at radius 3 is 1.71 bits per heavy atom. The Labute approximate surface area is 288 Å². The highest BCUT2D eigenvalue weighted by atomic mass is 15.2. The summed E-state index contributed by atoms with van der Waals surface area (Å²) < 4.78 is 0. The van der Waals surface area contributed by atoms with Crippen LogP contribution >= 0.6 is 0 Å². The first-order valence-corrected chi connectivity index (χ1v) is 17.5. The van der Waals surface area contributed by atoms with Gasteiger partial charge < -0.3 is 4.90 Å². The van der Waals surface area contributed by atoms with Crippen molar-refractivity contribution in [2.24, 2.45) is 5.92 Å². The molecule has 49 heavy (non-hydrogen) atoms. The zero-order valence-corrected chi connectivity index (χ0v) is 27.3. The van der Waals surface area contributed by atoms with Crippen LogP contribution in [0.3, 0.4) is 0 Å². The van der Waals surface area contributed by atoms with E-state index in [1.165, 1.54) is 83.7 Å². The van der Waals surface area contributed by atoms with Crippen molar-refractivity contribution >= 4 is 16.8 Å². The molecule has 2 aliphatic carbocycles. The minimum Gasteiger partial charge on any atom is -0.336 e. The fourth-order valence-corrected chi connectivity index (χ4v) is 8.53. The van der Waals surface area contributed by atoms with Crippen molar-refractivity contribution in [1.29, 1.82) is 0 Å². The lowest BCUT2D eigenvalue weighted by atomic mass is 9.79. The van der Waals surface area contributed by atoms with Gasteiger partial charge in [0.15, 0.2) is 0 Å². The van der Waals surface area contributed by atoms with Crippen molar-refractivity contribution in [3.63, 3.8) is 0 Å². The molecule has 0 N–H and O–H groups in total. The van der Waals surface area contributed by atoms with Gasteiger partial charge in [0, 0.05) is 22.9 Å². The highest BCUT2D eigenvalue weighted by Crippen LogP contribution is 2.56. The van der Waals surface area contributed by atoms with Crippen LogP contribution in [0.4, 0.5) is 5.69 Å². The van der Waals surface area contributed by atoms with Gasteiger partial charge in [-0.05, 0) is 122 Å². The van der Waals surface area contributed by atoms with E-state index in [9.17, 15) is 0 Å². The van der Waals surface area contributed by atoms with Gasteiger partial charge in [0.1, 0.15) is 0 Å². The Morgan fingerprint density at radius 2 is 1.02 bits per heavy atom. The maximum absolute atomic E-state index is 2.65. The number of fused-ring (bicyclic) bond motifs is 5. The van der Waals surface area contributed by atoms with Crippen molar-refractivity contribution in [2.75, 3.05) is 4.90 Å². The molecule has 2 heterocycles. The quantitative estimate of drug-likeness (QED) is 0.184. The van der Waals surface area contributed by atoms with Gasteiger partial charge in [0.2, 0.25) is 0 Å². The third kappa shape index (κ3) is 4.69. The first-order valence-electron chi connectivity index (χ1n) is 17.5. The molecule has 2 atom stereocenters. The Morgan fingerprint density at radius 1 is 0.490 bits per heavy atom. The molecule has 0 saturated carbocycles. The molecule has 4 aliphatic rings. The Kier molecular flexibility index (Phi) is 6.52. The van der Waals surface area contributed by atoms with E-state index in [1.54, 1.807) is 0 Å². The van der Waals surface area contributed by atoms with Crippen molar-refractivity contribution in [2.45, 2.75) is 18.9 Å². The molecule has 6 aromatic carbocycles. The van der Waals surface area contributed by atoms with Gasteiger partial charge in [-0.25, -0.2) is 0 Å². The van der Waals surface area contributed by atoms with E-state index in [1.807, 2.05) is 0 Å². The number of anilines is 1. The molecule has 2 unspecified atom stereocenters. The lowest BCUT2D eigenvalue weighted by Crippen LogP contribution is -2.30. The zero-order valence-electron chi connectivity index (χ0n) is 27.3. The number of allylic oxidation sites excluding steroid dienone is 5. The molecule has 0 radical (unpaired) electrons. The minimum atomic E-state index is 0.372. The number of para-hydroxylation sites is 1. The zero-order chi connectivity index (χ0) is 32.3. The first-order chi connectivity index (χ1) is 24.3. The number of nitrogens with zero attached hydrogens (tertiary/aromatic N) is 1. The smallest absolute Gasteiger partial charge is 0.0699 e. The van der Waals surface area contributed by atoms with Crippen LogP contribution in [0.5, 0.6) is 0 Å². The van der Waals surface area contributed by atoms with Crippen LogP contribution in [0.1, 0.15) is 24.0 Å². The molecule has 6 aromatic rings. The normalized spacial score (nSPS) is 18.5. The van der Waals surface area contributed by atoms with Gasteiger partial charge in [-0.1, -0.05) is 133 Å². The maximum atomic E-state index is 2.65. The summed E-state index contributed by atoms with van der Waals surface area (Å²) in [6.45, 7) is 0. The Balaban J connectivity index is 1.05. The lowest BCUT2D eigenvalue weighted by molar-refractivity contribution is 0.717. The van der Waals surface area contributed by atoms with Crippen molar-refractivity contribution in [3.8, 4) is 44.5 Å². The number of hydrogen-bond donors (Lipinski definition) is 0. The SMILES string of the molecule is C1=CC2=C(CC1)N1c3ccccc3C3=CC(c4cccc(-c5cccc(-c6cc(-c7ccccc7)cc(-c7ccccc7)c6)c5)c4)=CC2C31. The number of rotatable bonds is 5. The van der Waals surface area contributed by atoms with Gasteiger partial charge in [0.25, 0.3) is 0 Å². The Bertz CT molecular complexity index is 2330. The molecule has 0 amide bonds. The van der Waals surface area contributed by atoms with Gasteiger partial charge in [-0.15, -0.1) is 0 Å². The second kappa shape index (κ2) is 11.4. The van der Waals surface area contributed by atoms with Crippen LogP contribution in [0.2, 0.25) is 0 Å². The summed E-state index contributed by atoms with van der Waals surface area (Å²) in [5, 5.41) is 0. The van der Waals surface area contributed by atoms with Crippen LogP contribution in [-0.4, -0.2) is 6.04 Å². The molecule has 232 valence electrons. The average Bonchev–Trinajstić information content (AvgIpc) is 3.70. The second-order valence-electron chi connectivity index (χ2n) is 13.6. The van der Waals surface area contributed by atoms with Crippen LogP contribution in [0.25, 0.3) is 55.7 Å². The number of hydrogen-bond acceptors (Lipinski definition) is 1. The van der Waals surface area contributed by atoms with E-state index in [0.717, 1.165) is 12.8 Å². The molecule has 1 heteroatoms. The van der Waals surface area contributed by atoms with Crippen molar-refractivity contribution in [1.82, 2.24) is 0 Å². The molecule has 1 nitrogen and oxygen atoms in total. The van der Waals surface area contributed by atoms with Crippen LogP contribution in [0, 0.1) is 5.92 Å². The molecular weight excluding hydrogens is 591 g/mol. The standard InChI is InChI=1S/C48H35N/c1-3-13-32(14-4-1)38-27-39(33-15-5-2-6-16-33)29-40(28-38)36-19-11-17-34(25-36)35-18-12-20-37(26-35)41-30-44-42-21-7-9-23-46(42)49-47-24-10-8-22-43(47)45(31-41)48(44)49/h1-9,11-23,25-31,45,48H,10,24H2. The maximum Gasteiger partial charge on any atom is 0.0699 e. The second-order valence-corrected chi connectivity index (χ2v) is 13.6. The fourth-order valence-electron chi connectivity index (χ4n) is 8.53. The number of benzene rings is 6. The highest BCUT2D eigenvalue weighted by molar-refractivity contribution is 6.00. The van der Waals surface area contributed by atoms with Crippen LogP contribution < -0.4 is 4.90 Å². The van der Waals surface area contributed by atoms with E-state index in [-0.39, 0.29) is 0 Å². The van der Waals surface area contributed by atoms with E-state index >= 15 is 0 Å². The molecule has 10 rings (SSSR count). The van der Waals surface area contributed by atoms with Gasteiger partial charge >= 0.3 is 0 Å². The topological polar surface area (TPSA) is 3.24 Å². The third-order valence-electron chi connectivity index (χ3n) is 10.8. The molecular formula is C48H35N. The van der Waals surface area contributed by atoms with E-state index in [2.05, 4.69) is 181 Å².